The van der Waals surface area contributed by atoms with E-state index in [1.165, 1.54) is 18.4 Å². The van der Waals surface area contributed by atoms with Gasteiger partial charge < -0.3 is 10.6 Å². The molecular weight excluding hydrogens is 310 g/mol. The van der Waals surface area contributed by atoms with Gasteiger partial charge in [-0.2, -0.15) is 0 Å². The van der Waals surface area contributed by atoms with Crippen molar-refractivity contribution < 1.29 is 4.79 Å². The van der Waals surface area contributed by atoms with Crippen LogP contribution in [0.15, 0.2) is 30.3 Å². The molecule has 1 aliphatic heterocycles. The van der Waals surface area contributed by atoms with Crippen molar-refractivity contribution in [3.05, 3.63) is 35.9 Å². The van der Waals surface area contributed by atoms with Crippen LogP contribution in [0.4, 0.5) is 0 Å². The lowest BCUT2D eigenvalue weighted by molar-refractivity contribution is -0.133. The maximum atomic E-state index is 12.6. The van der Waals surface area contributed by atoms with Crippen molar-refractivity contribution in [2.75, 3.05) is 32.7 Å². The number of nitrogens with zero attached hydrogens (tertiary/aromatic N) is 2. The Kier molecular flexibility index (Phi) is 9.22. The second-order valence-electron chi connectivity index (χ2n) is 6.21. The highest BCUT2D eigenvalue weighted by atomic mass is 35.5. The number of carbonyl (C=O) groups is 1. The highest BCUT2D eigenvalue weighted by Gasteiger charge is 2.22. The van der Waals surface area contributed by atoms with E-state index < -0.39 is 0 Å². The van der Waals surface area contributed by atoms with Crippen LogP contribution in [0.25, 0.3) is 0 Å². The molecule has 1 amide bonds. The summed E-state index contributed by atoms with van der Waals surface area (Å²) in [6, 6.07) is 10.2. The Morgan fingerprint density at radius 1 is 1.35 bits per heavy atom. The second-order valence-corrected chi connectivity index (χ2v) is 6.21. The molecule has 1 atom stereocenters. The summed E-state index contributed by atoms with van der Waals surface area (Å²) >= 11 is 0. The van der Waals surface area contributed by atoms with E-state index in [0.29, 0.717) is 19.0 Å². The molecule has 0 bridgehead atoms. The topological polar surface area (TPSA) is 49.6 Å². The Morgan fingerprint density at radius 3 is 2.74 bits per heavy atom. The Balaban J connectivity index is 0.00000264. The lowest BCUT2D eigenvalue weighted by atomic mass is 9.95. The lowest BCUT2D eigenvalue weighted by Crippen LogP contribution is -2.44. The van der Waals surface area contributed by atoms with Crippen LogP contribution in [0.1, 0.15) is 31.7 Å². The molecule has 2 rings (SSSR count). The molecule has 1 unspecified atom stereocenters. The van der Waals surface area contributed by atoms with Crippen molar-refractivity contribution in [1.82, 2.24) is 9.80 Å². The summed E-state index contributed by atoms with van der Waals surface area (Å²) in [4.78, 5) is 16.8. The average molecular weight is 340 g/mol. The standard InChI is InChI=1S/C18H29N3O.ClH/c1-2-21(14-16-7-4-3-5-8-16)18(22)15-20-12-6-9-17(13-20)10-11-19;/h3-5,7-8,17H,2,6,9-15,19H2,1H3;1H. The third-order valence-electron chi connectivity index (χ3n) is 4.49. The summed E-state index contributed by atoms with van der Waals surface area (Å²) in [7, 11) is 0. The highest BCUT2D eigenvalue weighted by molar-refractivity contribution is 5.85. The van der Waals surface area contributed by atoms with Crippen LogP contribution < -0.4 is 5.73 Å². The van der Waals surface area contributed by atoms with Gasteiger partial charge in [0, 0.05) is 19.6 Å². The molecule has 4 nitrogen and oxygen atoms in total. The second kappa shape index (κ2) is 10.6. The van der Waals surface area contributed by atoms with Crippen molar-refractivity contribution in [3.8, 4) is 0 Å². The fraction of sp³-hybridized carbons (Fsp3) is 0.611. The molecule has 1 heterocycles. The number of rotatable bonds is 7. The largest absolute Gasteiger partial charge is 0.338 e. The number of likely N-dealkylation sites (tertiary alicyclic amines) is 1. The summed E-state index contributed by atoms with van der Waals surface area (Å²) < 4.78 is 0. The predicted molar refractivity (Wildman–Crippen MR) is 97.6 cm³/mol. The van der Waals surface area contributed by atoms with Crippen molar-refractivity contribution >= 4 is 18.3 Å². The zero-order valence-electron chi connectivity index (χ0n) is 14.1. The minimum absolute atomic E-state index is 0. The lowest BCUT2D eigenvalue weighted by Gasteiger charge is -2.33. The molecule has 0 aliphatic carbocycles. The van der Waals surface area contributed by atoms with Gasteiger partial charge in [0.25, 0.3) is 0 Å². The van der Waals surface area contributed by atoms with E-state index in [2.05, 4.69) is 17.0 Å². The van der Waals surface area contributed by atoms with E-state index in [1.807, 2.05) is 30.0 Å². The van der Waals surface area contributed by atoms with E-state index in [9.17, 15) is 4.79 Å². The van der Waals surface area contributed by atoms with Gasteiger partial charge in [-0.15, -0.1) is 12.4 Å². The summed E-state index contributed by atoms with van der Waals surface area (Å²) in [6.45, 7) is 6.86. The smallest absolute Gasteiger partial charge is 0.237 e. The Labute approximate surface area is 146 Å². The van der Waals surface area contributed by atoms with Gasteiger partial charge >= 0.3 is 0 Å². The number of benzene rings is 1. The third-order valence-corrected chi connectivity index (χ3v) is 4.49. The number of hydrogen-bond acceptors (Lipinski definition) is 3. The van der Waals surface area contributed by atoms with Gasteiger partial charge in [0.05, 0.1) is 6.54 Å². The van der Waals surface area contributed by atoms with Gasteiger partial charge in [0.1, 0.15) is 0 Å². The number of likely N-dealkylation sites (N-methyl/N-ethyl adjacent to an activating group) is 1. The van der Waals surface area contributed by atoms with E-state index in [-0.39, 0.29) is 18.3 Å². The van der Waals surface area contributed by atoms with Gasteiger partial charge in [0.15, 0.2) is 0 Å². The van der Waals surface area contributed by atoms with E-state index in [0.717, 1.165) is 32.6 Å². The van der Waals surface area contributed by atoms with Crippen molar-refractivity contribution in [2.45, 2.75) is 32.7 Å². The Bertz CT molecular complexity index is 453. The first kappa shape index (κ1) is 19.9. The van der Waals surface area contributed by atoms with Crippen LogP contribution in [0.2, 0.25) is 0 Å². The van der Waals surface area contributed by atoms with E-state index in [1.54, 1.807) is 0 Å². The van der Waals surface area contributed by atoms with Crippen molar-refractivity contribution in [3.63, 3.8) is 0 Å². The predicted octanol–water partition coefficient (Wildman–Crippen LogP) is 2.52. The molecule has 1 aliphatic rings. The molecule has 1 aromatic rings. The van der Waals surface area contributed by atoms with Crippen molar-refractivity contribution in [1.29, 1.82) is 0 Å². The summed E-state index contributed by atoms with van der Waals surface area (Å²) in [5.74, 6) is 0.899. The number of carbonyl (C=O) groups excluding carboxylic acids is 1. The molecule has 0 saturated carbocycles. The number of halogens is 1. The van der Waals surface area contributed by atoms with Gasteiger partial charge in [-0.3, -0.25) is 9.69 Å². The molecule has 1 aromatic carbocycles. The Morgan fingerprint density at radius 2 is 2.09 bits per heavy atom. The summed E-state index contributed by atoms with van der Waals surface area (Å²) in [5, 5.41) is 0. The number of piperidine rings is 1. The minimum atomic E-state index is 0. The first-order valence-electron chi connectivity index (χ1n) is 8.47. The first-order valence-corrected chi connectivity index (χ1v) is 8.47. The average Bonchev–Trinajstić information content (AvgIpc) is 2.54. The molecule has 23 heavy (non-hydrogen) atoms. The maximum absolute atomic E-state index is 12.6. The van der Waals surface area contributed by atoms with Crippen LogP contribution in [0.5, 0.6) is 0 Å². The van der Waals surface area contributed by atoms with Crippen LogP contribution >= 0.6 is 12.4 Å². The zero-order valence-corrected chi connectivity index (χ0v) is 14.9. The SMILES string of the molecule is CCN(Cc1ccccc1)C(=O)CN1CCCC(CCN)C1.Cl. The highest BCUT2D eigenvalue weighted by Crippen LogP contribution is 2.19. The third kappa shape index (κ3) is 6.50. The fourth-order valence-corrected chi connectivity index (χ4v) is 3.24. The quantitative estimate of drug-likeness (QED) is 0.830. The number of amides is 1. The van der Waals surface area contributed by atoms with Gasteiger partial charge in [-0.1, -0.05) is 30.3 Å². The maximum Gasteiger partial charge on any atom is 0.237 e. The molecule has 0 aromatic heterocycles. The van der Waals surface area contributed by atoms with Crippen LogP contribution in [-0.2, 0) is 11.3 Å². The molecule has 2 N–H and O–H groups in total. The summed E-state index contributed by atoms with van der Waals surface area (Å²) in [5.41, 5.74) is 6.86. The van der Waals surface area contributed by atoms with Gasteiger partial charge in [-0.25, -0.2) is 0 Å². The molecule has 1 fully saturated rings. The van der Waals surface area contributed by atoms with Gasteiger partial charge in [0.2, 0.25) is 5.91 Å². The normalized spacial score (nSPS) is 18.3. The van der Waals surface area contributed by atoms with Crippen LogP contribution in [0, 0.1) is 5.92 Å². The van der Waals surface area contributed by atoms with Crippen LogP contribution in [-0.4, -0.2) is 48.4 Å². The number of hydrogen-bond donors (Lipinski definition) is 1. The first-order chi connectivity index (χ1) is 10.7. The fourth-order valence-electron chi connectivity index (χ4n) is 3.24. The minimum Gasteiger partial charge on any atom is -0.338 e. The molecule has 0 radical (unpaired) electrons. The molecular formula is C18H30ClN3O. The van der Waals surface area contributed by atoms with E-state index in [4.69, 9.17) is 5.73 Å². The van der Waals surface area contributed by atoms with Crippen molar-refractivity contribution in [2.24, 2.45) is 11.7 Å². The molecule has 5 heteroatoms. The molecule has 130 valence electrons. The van der Waals surface area contributed by atoms with Gasteiger partial charge in [-0.05, 0) is 50.8 Å². The van der Waals surface area contributed by atoms with E-state index >= 15 is 0 Å². The Hall–Kier alpha value is -1.10. The summed E-state index contributed by atoms with van der Waals surface area (Å²) in [6.07, 6.45) is 3.51. The molecule has 0 spiro atoms. The van der Waals surface area contributed by atoms with Crippen LogP contribution in [0.3, 0.4) is 0 Å². The molecule has 1 saturated heterocycles. The number of nitrogens with two attached hydrogens (primary N) is 1. The zero-order chi connectivity index (χ0) is 15.8. The monoisotopic (exact) mass is 339 g/mol.